The minimum absolute atomic E-state index is 0.547. The topological polar surface area (TPSA) is 52.0 Å². The lowest BCUT2D eigenvalue weighted by Gasteiger charge is -2.14. The van der Waals surface area contributed by atoms with Crippen LogP contribution >= 0.6 is 0 Å². The maximum absolute atomic E-state index is 5.80. The molecule has 1 aromatic carbocycles. The van der Waals surface area contributed by atoms with Crippen LogP contribution in [0.4, 0.5) is 0 Å². The second-order valence-corrected chi connectivity index (χ2v) is 6.65. The summed E-state index contributed by atoms with van der Waals surface area (Å²) >= 11 is 0. The van der Waals surface area contributed by atoms with E-state index in [4.69, 9.17) is 4.74 Å². The standard InChI is InChI=1S/C21H26N4O/c1-17(15-25-12-11-24-18(25)2)13-23-14-19-3-5-21(6-4-19)26-16-20-7-9-22-10-8-20/h3-12,17,23H,13-16H2,1-2H3. The van der Waals surface area contributed by atoms with Crippen LogP contribution in [0, 0.1) is 12.8 Å². The molecule has 26 heavy (non-hydrogen) atoms. The molecule has 5 heteroatoms. The van der Waals surface area contributed by atoms with Gasteiger partial charge in [0.2, 0.25) is 0 Å². The van der Waals surface area contributed by atoms with E-state index in [0.717, 1.165) is 36.8 Å². The molecule has 3 rings (SSSR count). The maximum Gasteiger partial charge on any atom is 0.119 e. The summed E-state index contributed by atoms with van der Waals surface area (Å²) < 4.78 is 8.00. The van der Waals surface area contributed by atoms with E-state index in [1.165, 1.54) is 5.56 Å². The van der Waals surface area contributed by atoms with Crippen LogP contribution in [-0.4, -0.2) is 21.1 Å². The lowest BCUT2D eigenvalue weighted by molar-refractivity contribution is 0.306. The Bertz CT molecular complexity index is 783. The molecule has 0 aliphatic rings. The third-order valence-electron chi connectivity index (χ3n) is 4.33. The van der Waals surface area contributed by atoms with Crippen molar-refractivity contribution in [1.29, 1.82) is 0 Å². The van der Waals surface area contributed by atoms with E-state index in [0.29, 0.717) is 12.5 Å². The van der Waals surface area contributed by atoms with E-state index in [1.54, 1.807) is 12.4 Å². The highest BCUT2D eigenvalue weighted by Gasteiger charge is 2.05. The number of benzene rings is 1. The van der Waals surface area contributed by atoms with E-state index in [-0.39, 0.29) is 0 Å². The highest BCUT2D eigenvalue weighted by molar-refractivity contribution is 5.27. The van der Waals surface area contributed by atoms with Crippen LogP contribution in [-0.2, 0) is 19.7 Å². The molecule has 0 bridgehead atoms. The van der Waals surface area contributed by atoms with Crippen molar-refractivity contribution in [3.8, 4) is 5.75 Å². The molecule has 0 aliphatic heterocycles. The summed E-state index contributed by atoms with van der Waals surface area (Å²) in [7, 11) is 0. The molecular weight excluding hydrogens is 324 g/mol. The zero-order chi connectivity index (χ0) is 18.2. The normalized spacial score (nSPS) is 12.1. The summed E-state index contributed by atoms with van der Waals surface area (Å²) in [6, 6.07) is 12.2. The van der Waals surface area contributed by atoms with Gasteiger partial charge in [0.1, 0.15) is 18.2 Å². The second kappa shape index (κ2) is 9.15. The summed E-state index contributed by atoms with van der Waals surface area (Å²) in [5.74, 6) is 2.50. The lowest BCUT2D eigenvalue weighted by Crippen LogP contribution is -2.24. The first kappa shape index (κ1) is 18.1. The minimum atomic E-state index is 0.547. The molecule has 1 unspecified atom stereocenters. The van der Waals surface area contributed by atoms with Crippen LogP contribution in [0.2, 0.25) is 0 Å². The van der Waals surface area contributed by atoms with Crippen LogP contribution in [0.3, 0.4) is 0 Å². The second-order valence-electron chi connectivity index (χ2n) is 6.65. The number of aromatic nitrogens is 3. The lowest BCUT2D eigenvalue weighted by atomic mass is 10.1. The fourth-order valence-corrected chi connectivity index (χ4v) is 2.81. The van der Waals surface area contributed by atoms with Gasteiger partial charge in [0, 0.05) is 37.9 Å². The van der Waals surface area contributed by atoms with Gasteiger partial charge in [-0.05, 0) is 54.8 Å². The summed E-state index contributed by atoms with van der Waals surface area (Å²) in [5, 5.41) is 3.53. The van der Waals surface area contributed by atoms with Crippen LogP contribution < -0.4 is 10.1 Å². The molecule has 0 spiro atoms. The molecule has 0 fully saturated rings. The van der Waals surface area contributed by atoms with Crippen molar-refractivity contribution >= 4 is 0 Å². The predicted octanol–water partition coefficient (Wildman–Crippen LogP) is 3.59. The van der Waals surface area contributed by atoms with Crippen molar-refractivity contribution in [2.75, 3.05) is 6.54 Å². The molecule has 0 aliphatic carbocycles. The molecule has 2 heterocycles. The van der Waals surface area contributed by atoms with Crippen molar-refractivity contribution in [1.82, 2.24) is 19.9 Å². The average molecular weight is 350 g/mol. The van der Waals surface area contributed by atoms with Crippen molar-refractivity contribution in [3.05, 3.63) is 78.1 Å². The summed E-state index contributed by atoms with van der Waals surface area (Å²) in [6.45, 7) is 7.67. The van der Waals surface area contributed by atoms with Crippen LogP contribution in [0.1, 0.15) is 23.9 Å². The Morgan fingerprint density at radius 3 is 2.50 bits per heavy atom. The third kappa shape index (κ3) is 5.43. The van der Waals surface area contributed by atoms with Crippen LogP contribution in [0.25, 0.3) is 0 Å². The molecule has 1 N–H and O–H groups in total. The molecule has 0 amide bonds. The maximum atomic E-state index is 5.80. The van der Waals surface area contributed by atoms with Gasteiger partial charge in [0.05, 0.1) is 0 Å². The molecule has 1 atom stereocenters. The SMILES string of the molecule is Cc1nccn1CC(C)CNCc1ccc(OCc2ccncc2)cc1. The molecular formula is C21H26N4O. The van der Waals surface area contributed by atoms with E-state index in [1.807, 2.05) is 43.6 Å². The molecule has 3 aromatic rings. The van der Waals surface area contributed by atoms with Crippen LogP contribution in [0.15, 0.2) is 61.2 Å². The number of pyridine rings is 1. The molecule has 136 valence electrons. The molecule has 0 saturated heterocycles. The molecule has 2 aromatic heterocycles. The third-order valence-corrected chi connectivity index (χ3v) is 4.33. The monoisotopic (exact) mass is 350 g/mol. The highest BCUT2D eigenvalue weighted by Crippen LogP contribution is 2.14. The van der Waals surface area contributed by atoms with E-state index >= 15 is 0 Å². The summed E-state index contributed by atoms with van der Waals surface area (Å²) in [6.07, 6.45) is 7.45. The number of hydrogen-bond donors (Lipinski definition) is 1. The van der Waals surface area contributed by atoms with Gasteiger partial charge in [-0.15, -0.1) is 0 Å². The quantitative estimate of drug-likeness (QED) is 0.641. The minimum Gasteiger partial charge on any atom is -0.489 e. The predicted molar refractivity (Wildman–Crippen MR) is 103 cm³/mol. The Balaban J connectivity index is 1.39. The van der Waals surface area contributed by atoms with Crippen molar-refractivity contribution in [3.63, 3.8) is 0 Å². The smallest absolute Gasteiger partial charge is 0.119 e. The number of nitrogens with zero attached hydrogens (tertiary/aromatic N) is 3. The number of ether oxygens (including phenoxy) is 1. The van der Waals surface area contributed by atoms with E-state index in [9.17, 15) is 0 Å². The van der Waals surface area contributed by atoms with Gasteiger partial charge in [-0.1, -0.05) is 19.1 Å². The number of rotatable bonds is 9. The van der Waals surface area contributed by atoms with Gasteiger partial charge in [-0.2, -0.15) is 0 Å². The van der Waals surface area contributed by atoms with Gasteiger partial charge in [0.15, 0.2) is 0 Å². The summed E-state index contributed by atoms with van der Waals surface area (Å²) in [4.78, 5) is 8.28. The zero-order valence-electron chi connectivity index (χ0n) is 15.4. The molecule has 5 nitrogen and oxygen atoms in total. The van der Waals surface area contributed by atoms with Crippen LogP contribution in [0.5, 0.6) is 5.75 Å². The van der Waals surface area contributed by atoms with Gasteiger partial charge in [-0.25, -0.2) is 4.98 Å². The zero-order valence-corrected chi connectivity index (χ0v) is 15.4. The first-order chi connectivity index (χ1) is 12.7. The van der Waals surface area contributed by atoms with Gasteiger partial charge in [0.25, 0.3) is 0 Å². The van der Waals surface area contributed by atoms with Crippen molar-refractivity contribution in [2.24, 2.45) is 5.92 Å². The van der Waals surface area contributed by atoms with Gasteiger partial charge < -0.3 is 14.6 Å². The Morgan fingerprint density at radius 2 is 1.81 bits per heavy atom. The number of hydrogen-bond acceptors (Lipinski definition) is 4. The van der Waals surface area contributed by atoms with Crippen molar-refractivity contribution in [2.45, 2.75) is 33.5 Å². The fraction of sp³-hybridized carbons (Fsp3) is 0.333. The number of imidazole rings is 1. The highest BCUT2D eigenvalue weighted by atomic mass is 16.5. The average Bonchev–Trinajstić information content (AvgIpc) is 3.06. The van der Waals surface area contributed by atoms with E-state index < -0.39 is 0 Å². The molecule has 0 radical (unpaired) electrons. The van der Waals surface area contributed by atoms with E-state index in [2.05, 4.69) is 38.9 Å². The first-order valence-electron chi connectivity index (χ1n) is 9.00. The Kier molecular flexibility index (Phi) is 6.39. The summed E-state index contributed by atoms with van der Waals surface area (Å²) in [5.41, 5.74) is 2.38. The Morgan fingerprint density at radius 1 is 1.04 bits per heavy atom. The first-order valence-corrected chi connectivity index (χ1v) is 9.00. The number of nitrogens with one attached hydrogen (secondary N) is 1. The fourth-order valence-electron chi connectivity index (χ4n) is 2.81. The van der Waals surface area contributed by atoms with Gasteiger partial charge in [-0.3, -0.25) is 4.98 Å². The Labute approximate surface area is 155 Å². The number of aryl methyl sites for hydroxylation is 1. The van der Waals surface area contributed by atoms with Crippen molar-refractivity contribution < 1.29 is 4.74 Å². The Hall–Kier alpha value is -2.66. The molecule has 0 saturated carbocycles. The largest absolute Gasteiger partial charge is 0.489 e. The van der Waals surface area contributed by atoms with Gasteiger partial charge >= 0.3 is 0 Å².